The van der Waals surface area contributed by atoms with Crippen LogP contribution in [-0.4, -0.2) is 72.3 Å². The number of sulfonamides is 1. The molecular formula is C18H30N4O3S. The molecule has 1 aliphatic rings. The van der Waals surface area contributed by atoms with Gasteiger partial charge in [0.15, 0.2) is 0 Å². The fraction of sp³-hybridized carbons (Fsp3) is 0.611. The highest BCUT2D eigenvalue weighted by molar-refractivity contribution is 7.92. The minimum atomic E-state index is -3.54. The highest BCUT2D eigenvalue weighted by Crippen LogP contribution is 2.24. The molecule has 1 aromatic rings. The van der Waals surface area contributed by atoms with E-state index < -0.39 is 10.0 Å². The molecule has 0 aliphatic carbocycles. The second kappa shape index (κ2) is 9.23. The van der Waals surface area contributed by atoms with Gasteiger partial charge < -0.3 is 15.1 Å². The van der Waals surface area contributed by atoms with Gasteiger partial charge in [0.25, 0.3) is 0 Å². The second-order valence-electron chi connectivity index (χ2n) is 6.99. The largest absolute Gasteiger partial charge is 0.372 e. The van der Waals surface area contributed by atoms with Gasteiger partial charge in [0.2, 0.25) is 15.9 Å². The topological polar surface area (TPSA) is 73.0 Å². The zero-order chi connectivity index (χ0) is 19.2. The van der Waals surface area contributed by atoms with Gasteiger partial charge in [0.1, 0.15) is 6.54 Å². The number of hydrogen-bond donors (Lipinski definition) is 1. The van der Waals surface area contributed by atoms with Gasteiger partial charge in [-0.2, -0.15) is 0 Å². The number of benzene rings is 1. The number of amides is 1. The van der Waals surface area contributed by atoms with Crippen molar-refractivity contribution in [3.05, 3.63) is 24.3 Å². The quantitative estimate of drug-likeness (QED) is 0.729. The van der Waals surface area contributed by atoms with E-state index in [2.05, 4.69) is 10.2 Å². The molecule has 1 saturated heterocycles. The Balaban J connectivity index is 2.05. The molecule has 2 rings (SSSR count). The number of nitrogens with zero attached hydrogens (tertiary/aromatic N) is 3. The summed E-state index contributed by atoms with van der Waals surface area (Å²) in [6.45, 7) is 3.04. The number of rotatable bonds is 8. The van der Waals surface area contributed by atoms with E-state index in [1.807, 2.05) is 31.1 Å². The summed E-state index contributed by atoms with van der Waals surface area (Å²) < 4.78 is 25.5. The zero-order valence-corrected chi connectivity index (χ0v) is 16.8. The van der Waals surface area contributed by atoms with Gasteiger partial charge in [-0.05, 0) is 57.6 Å². The Labute approximate surface area is 157 Å². The van der Waals surface area contributed by atoms with Crippen molar-refractivity contribution in [2.45, 2.75) is 19.3 Å². The summed E-state index contributed by atoms with van der Waals surface area (Å²) in [5, 5.41) is 2.75. The van der Waals surface area contributed by atoms with Crippen LogP contribution in [0.1, 0.15) is 19.3 Å². The Bertz CT molecular complexity index is 683. The fourth-order valence-corrected chi connectivity index (χ4v) is 3.84. The van der Waals surface area contributed by atoms with Crippen LogP contribution >= 0.6 is 0 Å². The first-order chi connectivity index (χ1) is 12.3. The molecule has 7 nitrogen and oxygen atoms in total. The highest BCUT2D eigenvalue weighted by Gasteiger charge is 2.21. The Morgan fingerprint density at radius 1 is 1.12 bits per heavy atom. The molecule has 26 heavy (non-hydrogen) atoms. The lowest BCUT2D eigenvalue weighted by molar-refractivity contribution is -0.119. The molecule has 8 heteroatoms. The van der Waals surface area contributed by atoms with E-state index in [4.69, 9.17) is 0 Å². The first kappa shape index (κ1) is 20.5. The van der Waals surface area contributed by atoms with E-state index in [9.17, 15) is 13.2 Å². The zero-order valence-electron chi connectivity index (χ0n) is 15.9. The van der Waals surface area contributed by atoms with Crippen LogP contribution in [0.2, 0.25) is 0 Å². The van der Waals surface area contributed by atoms with Gasteiger partial charge in [-0.1, -0.05) is 0 Å². The Hall–Kier alpha value is -1.80. The molecule has 1 N–H and O–H groups in total. The first-order valence-corrected chi connectivity index (χ1v) is 10.9. The van der Waals surface area contributed by atoms with Crippen molar-refractivity contribution in [3.63, 3.8) is 0 Å². The van der Waals surface area contributed by atoms with Crippen molar-refractivity contribution < 1.29 is 13.2 Å². The van der Waals surface area contributed by atoms with Crippen molar-refractivity contribution in [1.82, 2.24) is 10.2 Å². The summed E-state index contributed by atoms with van der Waals surface area (Å²) in [4.78, 5) is 16.4. The third-order valence-electron chi connectivity index (χ3n) is 4.43. The SMILES string of the molecule is CN(C)CCNC(=O)CN(c1ccc(N2CCCCC2)cc1)S(C)(=O)=O. The molecule has 0 spiro atoms. The maximum absolute atomic E-state index is 12.2. The van der Waals surface area contributed by atoms with Crippen LogP contribution in [0.15, 0.2) is 24.3 Å². The smallest absolute Gasteiger partial charge is 0.240 e. The summed E-state index contributed by atoms with van der Waals surface area (Å²) >= 11 is 0. The molecule has 1 aliphatic heterocycles. The number of likely N-dealkylation sites (N-methyl/N-ethyl adjacent to an activating group) is 1. The summed E-state index contributed by atoms with van der Waals surface area (Å²) in [6, 6.07) is 7.42. The molecule has 0 saturated carbocycles. The third kappa shape index (κ3) is 6.17. The standard InChI is InChI=1S/C18H30N4O3S/c1-20(2)14-11-19-18(23)15-22(26(3,24)25)17-9-7-16(8-10-17)21-12-5-4-6-13-21/h7-10H,4-6,11-15H2,1-3H3,(H,19,23). The lowest BCUT2D eigenvalue weighted by Gasteiger charge is -2.29. The van der Waals surface area contributed by atoms with Gasteiger partial charge in [-0.3, -0.25) is 9.10 Å². The van der Waals surface area contributed by atoms with Crippen LogP contribution in [-0.2, 0) is 14.8 Å². The predicted octanol–water partition coefficient (Wildman–Crippen LogP) is 1.12. The summed E-state index contributed by atoms with van der Waals surface area (Å²) in [5.41, 5.74) is 1.60. The summed E-state index contributed by atoms with van der Waals surface area (Å²) in [6.07, 6.45) is 4.76. The van der Waals surface area contributed by atoms with Crippen LogP contribution in [0, 0.1) is 0 Å². The molecule has 0 aromatic heterocycles. The van der Waals surface area contributed by atoms with E-state index in [-0.39, 0.29) is 12.5 Å². The molecular weight excluding hydrogens is 352 g/mol. The van der Waals surface area contributed by atoms with Gasteiger partial charge >= 0.3 is 0 Å². The van der Waals surface area contributed by atoms with Gasteiger partial charge in [-0.25, -0.2) is 8.42 Å². The van der Waals surface area contributed by atoms with E-state index >= 15 is 0 Å². The predicted molar refractivity (Wildman–Crippen MR) is 106 cm³/mol. The number of piperidine rings is 1. The van der Waals surface area contributed by atoms with Crippen LogP contribution in [0.4, 0.5) is 11.4 Å². The van der Waals surface area contributed by atoms with Crippen LogP contribution in [0.25, 0.3) is 0 Å². The average molecular weight is 383 g/mol. The third-order valence-corrected chi connectivity index (χ3v) is 5.57. The number of hydrogen-bond acceptors (Lipinski definition) is 5. The van der Waals surface area contributed by atoms with Crippen molar-refractivity contribution in [2.24, 2.45) is 0 Å². The van der Waals surface area contributed by atoms with Crippen LogP contribution in [0.3, 0.4) is 0 Å². The van der Waals surface area contributed by atoms with Crippen molar-refractivity contribution in [1.29, 1.82) is 0 Å². The lowest BCUT2D eigenvalue weighted by atomic mass is 10.1. The highest BCUT2D eigenvalue weighted by atomic mass is 32.2. The van der Waals surface area contributed by atoms with E-state index in [0.717, 1.165) is 29.3 Å². The summed E-state index contributed by atoms with van der Waals surface area (Å²) in [7, 11) is 0.287. The molecule has 0 radical (unpaired) electrons. The number of anilines is 2. The monoisotopic (exact) mass is 382 g/mol. The molecule has 1 fully saturated rings. The number of carbonyl (C=O) groups excluding carboxylic acids is 1. The Morgan fingerprint density at radius 2 is 1.73 bits per heavy atom. The maximum atomic E-state index is 12.2. The van der Waals surface area contributed by atoms with Gasteiger partial charge in [-0.15, -0.1) is 0 Å². The average Bonchev–Trinajstić information content (AvgIpc) is 2.59. The van der Waals surface area contributed by atoms with E-state index in [1.54, 1.807) is 12.1 Å². The minimum absolute atomic E-state index is 0.213. The van der Waals surface area contributed by atoms with Gasteiger partial charge in [0.05, 0.1) is 11.9 Å². The molecule has 0 bridgehead atoms. The number of nitrogens with one attached hydrogen (secondary N) is 1. The van der Waals surface area contributed by atoms with E-state index in [1.165, 1.54) is 19.3 Å². The van der Waals surface area contributed by atoms with Crippen LogP contribution in [0.5, 0.6) is 0 Å². The molecule has 0 atom stereocenters. The first-order valence-electron chi connectivity index (χ1n) is 9.01. The normalized spacial score (nSPS) is 15.2. The second-order valence-corrected chi connectivity index (χ2v) is 8.89. The molecule has 1 heterocycles. The molecule has 146 valence electrons. The molecule has 1 amide bonds. The maximum Gasteiger partial charge on any atom is 0.240 e. The lowest BCUT2D eigenvalue weighted by Crippen LogP contribution is -2.42. The fourth-order valence-electron chi connectivity index (χ4n) is 2.99. The van der Waals surface area contributed by atoms with Crippen LogP contribution < -0.4 is 14.5 Å². The van der Waals surface area contributed by atoms with Gasteiger partial charge in [0, 0.05) is 31.9 Å². The number of carbonyl (C=O) groups is 1. The van der Waals surface area contributed by atoms with Crippen molar-refractivity contribution in [3.8, 4) is 0 Å². The Morgan fingerprint density at radius 3 is 2.27 bits per heavy atom. The van der Waals surface area contributed by atoms with Crippen molar-refractivity contribution in [2.75, 3.05) is 62.3 Å². The minimum Gasteiger partial charge on any atom is -0.372 e. The summed E-state index contributed by atoms with van der Waals surface area (Å²) in [5.74, 6) is -0.308. The van der Waals surface area contributed by atoms with Crippen molar-refractivity contribution >= 4 is 27.3 Å². The Kier molecular flexibility index (Phi) is 7.28. The van der Waals surface area contributed by atoms with E-state index in [0.29, 0.717) is 18.8 Å². The molecule has 1 aromatic carbocycles. The molecule has 0 unspecified atom stereocenters.